The van der Waals surface area contributed by atoms with E-state index in [1.54, 1.807) is 0 Å². The first kappa shape index (κ1) is 20.3. The molecule has 0 unspecified atom stereocenters. The van der Waals surface area contributed by atoms with Gasteiger partial charge in [-0.3, -0.25) is 9.79 Å². The second kappa shape index (κ2) is 7.89. The van der Waals surface area contributed by atoms with Crippen LogP contribution in [0, 0.1) is 17.1 Å². The molecule has 7 nitrogen and oxygen atoms in total. The Bertz CT molecular complexity index is 1030. The van der Waals surface area contributed by atoms with Crippen molar-refractivity contribution in [3.8, 4) is 6.07 Å². The number of ether oxygens (including phenoxy) is 1. The zero-order valence-electron chi connectivity index (χ0n) is 15.0. The minimum atomic E-state index is -3.09. The molecule has 29 heavy (non-hydrogen) atoms. The van der Waals surface area contributed by atoms with Crippen molar-refractivity contribution in [2.45, 2.75) is 18.4 Å². The Kier molecular flexibility index (Phi) is 5.52. The maximum Gasteiger partial charge on any atom is 0.269 e. The van der Waals surface area contributed by atoms with Crippen LogP contribution in [0.5, 0.6) is 0 Å². The van der Waals surface area contributed by atoms with E-state index in [-0.39, 0.29) is 41.4 Å². The third kappa shape index (κ3) is 3.90. The van der Waals surface area contributed by atoms with Crippen molar-refractivity contribution in [1.82, 2.24) is 4.98 Å². The Labute approximate surface area is 163 Å². The summed E-state index contributed by atoms with van der Waals surface area (Å²) in [5.41, 5.74) is 8.98. The standard InChI is InChI=1S/C19H16F3N5O2/c20-13-2-1-10(5-15(28)17-14(24)4-11(6-23)7-26-17)3-12(13)19(18(21)22)9-29-8-16(25)27-19/h1-4,7,18H,5,8-9,24H2,(H2,25,27)/t19-/m0/s1. The third-order valence-corrected chi connectivity index (χ3v) is 4.45. The van der Waals surface area contributed by atoms with Crippen molar-refractivity contribution in [2.24, 2.45) is 10.7 Å². The second-order valence-electron chi connectivity index (χ2n) is 6.51. The van der Waals surface area contributed by atoms with Gasteiger partial charge in [-0.1, -0.05) is 6.07 Å². The van der Waals surface area contributed by atoms with Gasteiger partial charge in [0.2, 0.25) is 0 Å². The van der Waals surface area contributed by atoms with Gasteiger partial charge in [0.25, 0.3) is 6.43 Å². The number of halogens is 3. The SMILES string of the molecule is N#Cc1cnc(C(=O)Cc2ccc(F)c([C@]3(C(F)F)COCC(N)=N3)c2)c(N)c1. The van der Waals surface area contributed by atoms with Crippen LogP contribution in [0.15, 0.2) is 35.5 Å². The quantitative estimate of drug-likeness (QED) is 0.735. The molecule has 0 saturated heterocycles. The predicted molar refractivity (Wildman–Crippen MR) is 97.9 cm³/mol. The molecule has 1 aliphatic heterocycles. The fraction of sp³-hybridized carbons (Fsp3) is 0.263. The van der Waals surface area contributed by atoms with Gasteiger partial charge in [-0.05, 0) is 23.8 Å². The van der Waals surface area contributed by atoms with Crippen LogP contribution in [0.25, 0.3) is 0 Å². The van der Waals surface area contributed by atoms with Gasteiger partial charge in [-0.25, -0.2) is 18.2 Å². The van der Waals surface area contributed by atoms with E-state index in [1.807, 2.05) is 6.07 Å². The lowest BCUT2D eigenvalue weighted by atomic mass is 9.88. The molecule has 1 aromatic carbocycles. The van der Waals surface area contributed by atoms with Crippen LogP contribution < -0.4 is 11.5 Å². The average molecular weight is 403 g/mol. The summed E-state index contributed by atoms with van der Waals surface area (Å²) in [6.45, 7) is -0.679. The van der Waals surface area contributed by atoms with Gasteiger partial charge in [0.15, 0.2) is 11.3 Å². The molecule has 0 amide bonds. The number of benzene rings is 1. The molecule has 2 aromatic rings. The number of carbonyl (C=O) groups is 1. The molecule has 150 valence electrons. The molecule has 4 N–H and O–H groups in total. The Morgan fingerprint density at radius 3 is 2.72 bits per heavy atom. The number of aliphatic imine (C=N–C) groups is 1. The first-order valence-corrected chi connectivity index (χ1v) is 8.44. The van der Waals surface area contributed by atoms with Gasteiger partial charge >= 0.3 is 0 Å². The zero-order chi connectivity index (χ0) is 21.2. The van der Waals surface area contributed by atoms with Crippen LogP contribution in [0.2, 0.25) is 0 Å². The maximum absolute atomic E-state index is 14.4. The van der Waals surface area contributed by atoms with E-state index >= 15 is 0 Å². The lowest BCUT2D eigenvalue weighted by Crippen LogP contribution is -2.45. The van der Waals surface area contributed by atoms with Crippen molar-refractivity contribution in [1.29, 1.82) is 5.26 Å². The first-order chi connectivity index (χ1) is 13.8. The Hall–Kier alpha value is -3.45. The Balaban J connectivity index is 1.96. The number of nitrogen functional groups attached to an aromatic ring is 1. The van der Waals surface area contributed by atoms with Crippen LogP contribution >= 0.6 is 0 Å². The highest BCUT2D eigenvalue weighted by atomic mass is 19.3. The topological polar surface area (TPSA) is 127 Å². The third-order valence-electron chi connectivity index (χ3n) is 4.45. The molecule has 10 heteroatoms. The number of carbonyl (C=O) groups excluding carboxylic acids is 1. The molecule has 0 aliphatic carbocycles. The monoisotopic (exact) mass is 403 g/mol. The van der Waals surface area contributed by atoms with Crippen molar-refractivity contribution in [3.05, 3.63) is 58.7 Å². The summed E-state index contributed by atoms with van der Waals surface area (Å²) in [5.74, 6) is -1.61. The lowest BCUT2D eigenvalue weighted by molar-refractivity contribution is -0.0146. The van der Waals surface area contributed by atoms with Crippen LogP contribution in [-0.4, -0.2) is 36.2 Å². The molecule has 1 aliphatic rings. The highest BCUT2D eigenvalue weighted by molar-refractivity contribution is 6.00. The minimum Gasteiger partial charge on any atom is -0.397 e. The van der Waals surface area contributed by atoms with E-state index in [9.17, 15) is 18.0 Å². The molecule has 3 rings (SSSR count). The molecule has 0 spiro atoms. The van der Waals surface area contributed by atoms with E-state index < -0.39 is 35.7 Å². The maximum atomic E-state index is 14.4. The molecule has 0 saturated carbocycles. The Morgan fingerprint density at radius 2 is 2.10 bits per heavy atom. The van der Waals surface area contributed by atoms with E-state index in [4.69, 9.17) is 21.5 Å². The van der Waals surface area contributed by atoms with E-state index in [1.165, 1.54) is 18.3 Å². The molecule has 1 aromatic heterocycles. The highest BCUT2D eigenvalue weighted by Gasteiger charge is 2.46. The summed E-state index contributed by atoms with van der Waals surface area (Å²) in [6, 6.07) is 6.58. The van der Waals surface area contributed by atoms with Crippen molar-refractivity contribution >= 4 is 17.3 Å². The van der Waals surface area contributed by atoms with Gasteiger partial charge in [0.05, 0.1) is 17.9 Å². The number of alkyl halides is 2. The second-order valence-corrected chi connectivity index (χ2v) is 6.51. The molecule has 1 atom stereocenters. The number of Topliss-reactive ketones (excluding diaryl/α,β-unsaturated/α-hetero) is 1. The van der Waals surface area contributed by atoms with Gasteiger partial charge in [0, 0.05) is 18.2 Å². The van der Waals surface area contributed by atoms with Crippen LogP contribution in [0.1, 0.15) is 27.2 Å². The molecular weight excluding hydrogens is 387 g/mol. The summed E-state index contributed by atoms with van der Waals surface area (Å²) in [6.07, 6.45) is -2.16. The van der Waals surface area contributed by atoms with E-state index in [0.29, 0.717) is 0 Å². The van der Waals surface area contributed by atoms with Crippen LogP contribution in [0.3, 0.4) is 0 Å². The number of anilines is 1. The number of pyridine rings is 1. The highest BCUT2D eigenvalue weighted by Crippen LogP contribution is 2.37. The summed E-state index contributed by atoms with van der Waals surface area (Å²) >= 11 is 0. The summed E-state index contributed by atoms with van der Waals surface area (Å²) < 4.78 is 47.3. The van der Waals surface area contributed by atoms with E-state index in [2.05, 4.69) is 9.98 Å². The largest absolute Gasteiger partial charge is 0.397 e. The summed E-state index contributed by atoms with van der Waals surface area (Å²) in [4.78, 5) is 20.2. The van der Waals surface area contributed by atoms with Gasteiger partial charge in [-0.2, -0.15) is 5.26 Å². The number of amidine groups is 1. The molecular formula is C19H16F3N5O2. The number of aromatic nitrogens is 1. The van der Waals surface area contributed by atoms with Crippen molar-refractivity contribution < 1.29 is 22.7 Å². The normalized spacial score (nSPS) is 18.9. The number of hydrogen-bond donors (Lipinski definition) is 2. The van der Waals surface area contributed by atoms with Gasteiger partial charge in [-0.15, -0.1) is 0 Å². The number of nitrogens with zero attached hydrogens (tertiary/aromatic N) is 3. The number of ketones is 1. The summed E-state index contributed by atoms with van der Waals surface area (Å²) in [7, 11) is 0. The minimum absolute atomic E-state index is 0.0125. The van der Waals surface area contributed by atoms with Crippen molar-refractivity contribution in [2.75, 3.05) is 18.9 Å². The Morgan fingerprint density at radius 1 is 1.34 bits per heavy atom. The fourth-order valence-electron chi connectivity index (χ4n) is 3.06. The van der Waals surface area contributed by atoms with E-state index in [0.717, 1.165) is 12.1 Å². The smallest absolute Gasteiger partial charge is 0.269 e. The molecule has 2 heterocycles. The van der Waals surface area contributed by atoms with Gasteiger partial charge in [0.1, 0.15) is 30.0 Å². The molecule has 0 bridgehead atoms. The molecule has 0 radical (unpaired) electrons. The first-order valence-electron chi connectivity index (χ1n) is 8.44. The fourth-order valence-corrected chi connectivity index (χ4v) is 3.06. The number of nitriles is 1. The van der Waals surface area contributed by atoms with Crippen LogP contribution in [-0.2, 0) is 16.7 Å². The molecule has 0 fully saturated rings. The van der Waals surface area contributed by atoms with Crippen molar-refractivity contribution in [3.63, 3.8) is 0 Å². The zero-order valence-corrected chi connectivity index (χ0v) is 15.0. The lowest BCUT2D eigenvalue weighted by Gasteiger charge is -2.33. The van der Waals surface area contributed by atoms with Gasteiger partial charge < -0.3 is 16.2 Å². The average Bonchev–Trinajstić information content (AvgIpc) is 2.68. The predicted octanol–water partition coefficient (Wildman–Crippen LogP) is 1.95. The number of rotatable bonds is 5. The number of nitrogens with two attached hydrogens (primary N) is 2. The number of hydrogen-bond acceptors (Lipinski definition) is 7. The summed E-state index contributed by atoms with van der Waals surface area (Å²) in [5, 5.41) is 8.84. The van der Waals surface area contributed by atoms with Crippen LogP contribution in [0.4, 0.5) is 18.9 Å².